The van der Waals surface area contributed by atoms with Crippen LogP contribution in [0.1, 0.15) is 66.1 Å². The second-order valence-electron chi connectivity index (χ2n) is 11.2. The maximum atomic E-state index is 13.5. The van der Waals surface area contributed by atoms with Gasteiger partial charge in [-0.15, -0.1) is 0 Å². The van der Waals surface area contributed by atoms with Gasteiger partial charge in [-0.1, -0.05) is 72.3 Å². The first kappa shape index (κ1) is 30.5. The highest BCUT2D eigenvalue weighted by molar-refractivity contribution is 6.31. The number of ether oxygens (including phenoxy) is 1. The van der Waals surface area contributed by atoms with Crippen molar-refractivity contribution in [1.29, 1.82) is 0 Å². The predicted octanol–water partition coefficient (Wildman–Crippen LogP) is 6.09. The third kappa shape index (κ3) is 7.35. The number of hydrogen-bond donors (Lipinski definition) is 1. The van der Waals surface area contributed by atoms with E-state index >= 15 is 0 Å². The van der Waals surface area contributed by atoms with Gasteiger partial charge in [0.2, 0.25) is 5.91 Å². The summed E-state index contributed by atoms with van der Waals surface area (Å²) in [5.74, 6) is -1.18. The number of piperidine rings is 1. The fraction of sp³-hybridized carbons (Fsp3) is 0.343. The molecule has 2 aliphatic heterocycles. The number of amides is 2. The van der Waals surface area contributed by atoms with Crippen LogP contribution >= 0.6 is 11.6 Å². The number of halogens is 1. The number of carbonyl (C=O) groups is 3. The molecule has 43 heavy (non-hydrogen) atoms. The summed E-state index contributed by atoms with van der Waals surface area (Å²) in [5.41, 5.74) is 4.35. The monoisotopic (exact) mass is 599 g/mol. The minimum Gasteiger partial charge on any atom is -0.463 e. The van der Waals surface area contributed by atoms with Crippen molar-refractivity contribution >= 4 is 29.4 Å². The second-order valence-corrected chi connectivity index (χ2v) is 11.6. The number of hydrogen-bond acceptors (Lipinski definition) is 5. The minimum absolute atomic E-state index is 0.0956. The van der Waals surface area contributed by atoms with E-state index in [1.807, 2.05) is 42.5 Å². The van der Waals surface area contributed by atoms with Gasteiger partial charge in [-0.2, -0.15) is 0 Å². The molecule has 7 nitrogen and oxygen atoms in total. The quantitative estimate of drug-likeness (QED) is 0.301. The lowest BCUT2D eigenvalue weighted by molar-refractivity contribution is -0.140. The van der Waals surface area contributed by atoms with Gasteiger partial charge in [-0.25, -0.2) is 4.79 Å². The lowest BCUT2D eigenvalue weighted by Crippen LogP contribution is -2.44. The van der Waals surface area contributed by atoms with Crippen molar-refractivity contribution in [2.24, 2.45) is 0 Å². The van der Waals surface area contributed by atoms with Crippen LogP contribution in [0.3, 0.4) is 0 Å². The van der Waals surface area contributed by atoms with Gasteiger partial charge in [-0.3, -0.25) is 14.5 Å². The third-order valence-corrected chi connectivity index (χ3v) is 8.64. The van der Waals surface area contributed by atoms with Crippen molar-refractivity contribution < 1.29 is 19.1 Å². The Morgan fingerprint density at radius 1 is 0.930 bits per heavy atom. The van der Waals surface area contributed by atoms with Crippen molar-refractivity contribution in [3.05, 3.63) is 117 Å². The Bertz CT molecular complexity index is 1500. The van der Waals surface area contributed by atoms with Gasteiger partial charge < -0.3 is 15.0 Å². The topological polar surface area (TPSA) is 79.0 Å². The molecule has 1 saturated heterocycles. The number of benzene rings is 3. The summed E-state index contributed by atoms with van der Waals surface area (Å²) in [6, 6.07) is 25.2. The van der Waals surface area contributed by atoms with Gasteiger partial charge in [0.1, 0.15) is 0 Å². The van der Waals surface area contributed by atoms with Gasteiger partial charge >= 0.3 is 5.97 Å². The molecule has 0 spiro atoms. The van der Waals surface area contributed by atoms with Crippen LogP contribution in [0.2, 0.25) is 5.02 Å². The highest BCUT2D eigenvalue weighted by Crippen LogP contribution is 2.40. The summed E-state index contributed by atoms with van der Waals surface area (Å²) in [6.45, 7) is 6.77. The molecule has 0 radical (unpaired) electrons. The van der Waals surface area contributed by atoms with Crippen molar-refractivity contribution in [3.8, 4) is 0 Å². The van der Waals surface area contributed by atoms with E-state index in [4.69, 9.17) is 16.3 Å². The SMILES string of the molecule is CCOC(=O)C1=C(C)N(Cc2cccc(C(=O)NC3CCN(Cc4ccccc4)CC3)c2)C(=O)CC1c1ccccc1Cl. The molecule has 1 N–H and O–H groups in total. The number of nitrogens with one attached hydrogen (secondary N) is 1. The predicted molar refractivity (Wildman–Crippen MR) is 167 cm³/mol. The van der Waals surface area contributed by atoms with E-state index in [1.54, 1.807) is 30.9 Å². The summed E-state index contributed by atoms with van der Waals surface area (Å²) in [4.78, 5) is 43.8. The molecular formula is C35H38ClN3O4. The van der Waals surface area contributed by atoms with E-state index in [1.165, 1.54) is 5.56 Å². The summed E-state index contributed by atoms with van der Waals surface area (Å²) in [5, 5.41) is 3.71. The number of esters is 1. The Labute approximate surface area is 258 Å². The summed E-state index contributed by atoms with van der Waals surface area (Å²) >= 11 is 6.48. The zero-order valence-corrected chi connectivity index (χ0v) is 25.5. The molecule has 1 fully saturated rings. The number of rotatable bonds is 9. The second kappa shape index (κ2) is 14.0. The average molecular weight is 600 g/mol. The molecule has 2 amide bonds. The number of likely N-dealkylation sites (tertiary alicyclic amines) is 1. The maximum absolute atomic E-state index is 13.5. The van der Waals surface area contributed by atoms with Crippen molar-refractivity contribution in [3.63, 3.8) is 0 Å². The van der Waals surface area contributed by atoms with Gasteiger partial charge in [-0.05, 0) is 61.6 Å². The van der Waals surface area contributed by atoms with Gasteiger partial charge in [0.05, 0.1) is 18.7 Å². The molecule has 3 aromatic rings. The number of nitrogens with zero attached hydrogens (tertiary/aromatic N) is 2. The molecule has 0 aromatic heterocycles. The van der Waals surface area contributed by atoms with Crippen molar-refractivity contribution in [2.75, 3.05) is 19.7 Å². The normalized spacial score (nSPS) is 18.1. The molecule has 3 aromatic carbocycles. The Morgan fingerprint density at radius 3 is 2.35 bits per heavy atom. The zero-order valence-electron chi connectivity index (χ0n) is 24.7. The van der Waals surface area contributed by atoms with Gasteiger partial charge in [0.25, 0.3) is 5.91 Å². The third-order valence-electron chi connectivity index (χ3n) is 8.30. The maximum Gasteiger partial charge on any atom is 0.336 e. The Morgan fingerprint density at radius 2 is 1.63 bits per heavy atom. The molecule has 224 valence electrons. The summed E-state index contributed by atoms with van der Waals surface area (Å²) in [6.07, 6.45) is 1.89. The molecule has 8 heteroatoms. The summed E-state index contributed by atoms with van der Waals surface area (Å²) < 4.78 is 5.40. The Kier molecular flexibility index (Phi) is 9.95. The van der Waals surface area contributed by atoms with E-state index in [0.717, 1.165) is 43.6 Å². The molecular weight excluding hydrogens is 562 g/mol. The molecule has 5 rings (SSSR count). The van der Waals surface area contributed by atoms with E-state index < -0.39 is 11.9 Å². The first-order valence-corrected chi connectivity index (χ1v) is 15.3. The van der Waals surface area contributed by atoms with E-state index in [9.17, 15) is 14.4 Å². The van der Waals surface area contributed by atoms with Crippen molar-refractivity contribution in [2.45, 2.75) is 58.2 Å². The number of carbonyl (C=O) groups excluding carboxylic acids is 3. The van der Waals surface area contributed by atoms with Gasteiger partial charge in [0.15, 0.2) is 0 Å². The minimum atomic E-state index is -0.493. The molecule has 0 bridgehead atoms. The van der Waals surface area contributed by atoms with Crippen LogP contribution in [0.25, 0.3) is 0 Å². The molecule has 1 unspecified atom stereocenters. The fourth-order valence-corrected chi connectivity index (χ4v) is 6.31. The number of allylic oxidation sites excluding steroid dienone is 1. The molecule has 0 saturated carbocycles. The van der Waals surface area contributed by atoms with Crippen LogP contribution in [0, 0.1) is 0 Å². The highest BCUT2D eigenvalue weighted by atomic mass is 35.5. The molecule has 2 heterocycles. The average Bonchev–Trinajstić information content (AvgIpc) is 3.01. The first-order chi connectivity index (χ1) is 20.8. The van der Waals surface area contributed by atoms with E-state index in [-0.39, 0.29) is 37.4 Å². The van der Waals surface area contributed by atoms with E-state index in [2.05, 4.69) is 34.5 Å². The Balaban J connectivity index is 1.27. The molecule has 1 atom stereocenters. The standard InChI is InChI=1S/C35H38ClN3O4/c1-3-43-35(42)33-24(2)39(32(40)21-30(33)29-14-7-8-15-31(29)36)23-26-12-9-13-27(20-26)34(41)37-28-16-18-38(19-17-28)22-25-10-5-4-6-11-25/h4-15,20,28,30H,3,16-19,21-23H2,1-2H3,(H,37,41). The first-order valence-electron chi connectivity index (χ1n) is 14.9. The largest absolute Gasteiger partial charge is 0.463 e. The Hall–Kier alpha value is -3.94. The highest BCUT2D eigenvalue weighted by Gasteiger charge is 2.37. The van der Waals surface area contributed by atoms with Gasteiger partial charge in [0, 0.05) is 54.3 Å². The summed E-state index contributed by atoms with van der Waals surface area (Å²) in [7, 11) is 0. The van der Waals surface area contributed by atoms with Crippen LogP contribution in [0.5, 0.6) is 0 Å². The fourth-order valence-electron chi connectivity index (χ4n) is 6.04. The smallest absolute Gasteiger partial charge is 0.336 e. The molecule has 0 aliphatic carbocycles. The van der Waals surface area contributed by atoms with Crippen LogP contribution in [0.4, 0.5) is 0 Å². The van der Waals surface area contributed by atoms with Crippen LogP contribution in [0.15, 0.2) is 90.1 Å². The lowest BCUT2D eigenvalue weighted by atomic mass is 9.83. The molecule has 2 aliphatic rings. The van der Waals surface area contributed by atoms with Crippen LogP contribution in [-0.2, 0) is 27.4 Å². The zero-order chi connectivity index (χ0) is 30.3. The lowest BCUT2D eigenvalue weighted by Gasteiger charge is -2.35. The van der Waals surface area contributed by atoms with E-state index in [0.29, 0.717) is 21.9 Å². The van der Waals surface area contributed by atoms with Crippen molar-refractivity contribution in [1.82, 2.24) is 15.1 Å². The van der Waals surface area contributed by atoms with Crippen LogP contribution < -0.4 is 5.32 Å². The van der Waals surface area contributed by atoms with Crippen LogP contribution in [-0.4, -0.2) is 53.3 Å².